The summed E-state index contributed by atoms with van der Waals surface area (Å²) in [4.78, 5) is 19.2. The molecule has 1 atom stereocenters. The van der Waals surface area contributed by atoms with Gasteiger partial charge >= 0.3 is 0 Å². The van der Waals surface area contributed by atoms with Crippen LogP contribution in [-0.2, 0) is 6.42 Å². The number of aromatic nitrogens is 2. The molecule has 1 unspecified atom stereocenters. The predicted octanol–water partition coefficient (Wildman–Crippen LogP) is 9.45. The van der Waals surface area contributed by atoms with Crippen molar-refractivity contribution in [3.63, 3.8) is 0 Å². The third kappa shape index (κ3) is 5.56. The molecule has 8 nitrogen and oxygen atoms in total. The molecule has 47 heavy (non-hydrogen) atoms. The fourth-order valence-electron chi connectivity index (χ4n) is 6.53. The van der Waals surface area contributed by atoms with Crippen molar-refractivity contribution in [2.45, 2.75) is 39.3 Å². The molecule has 0 saturated heterocycles. The molecule has 0 saturated carbocycles. The Morgan fingerprint density at radius 1 is 0.787 bits per heavy atom. The van der Waals surface area contributed by atoms with Gasteiger partial charge in [0, 0.05) is 72.0 Å². The molecule has 1 radical (unpaired) electrons. The molecule has 229 valence electrons. The number of para-hydroxylation sites is 4. The van der Waals surface area contributed by atoms with E-state index in [1.54, 1.807) is 12.4 Å². The van der Waals surface area contributed by atoms with Gasteiger partial charge in [-0.2, -0.15) is 0 Å². The Morgan fingerprint density at radius 3 is 2.23 bits per heavy atom. The van der Waals surface area contributed by atoms with Gasteiger partial charge in [-0.15, -0.1) is 0 Å². The second kappa shape index (κ2) is 13.2. The monoisotopic (exact) mass is 629 g/mol. The van der Waals surface area contributed by atoms with E-state index in [1.165, 1.54) is 5.56 Å². The van der Waals surface area contributed by atoms with Crippen molar-refractivity contribution in [3.05, 3.63) is 115 Å². The summed E-state index contributed by atoms with van der Waals surface area (Å²) >= 11 is 0. The number of nitrogens with one attached hydrogen (secondary N) is 1. The van der Waals surface area contributed by atoms with E-state index in [-0.39, 0.29) is 35.7 Å². The van der Waals surface area contributed by atoms with Gasteiger partial charge in [0.05, 0.1) is 28.4 Å². The quantitative estimate of drug-likeness (QED) is 0.176. The van der Waals surface area contributed by atoms with Crippen LogP contribution in [0.3, 0.4) is 0 Å². The van der Waals surface area contributed by atoms with Crippen molar-refractivity contribution in [2.75, 3.05) is 16.8 Å². The number of allylic oxidation sites excluding steroid dienone is 1. The SMILES string of the molecule is CCCc1ccc2c(c1)Nc1c(cc(-c3ncccn3)c(N3c4ccccc4Oc4ccccc43)c1C1N=CC=CN1CCC)O2.[Na]. The Hall–Kier alpha value is -4.63. The number of nitrogens with zero attached hydrogens (tertiary/aromatic N) is 5. The molecule has 0 fully saturated rings. The first kappa shape index (κ1) is 31.0. The van der Waals surface area contributed by atoms with E-state index >= 15 is 0 Å². The van der Waals surface area contributed by atoms with Crippen LogP contribution in [0.4, 0.5) is 28.4 Å². The maximum absolute atomic E-state index is 6.73. The van der Waals surface area contributed by atoms with E-state index in [0.29, 0.717) is 11.6 Å². The Balaban J connectivity index is 0.00000351. The maximum atomic E-state index is 6.73. The van der Waals surface area contributed by atoms with Crippen molar-refractivity contribution < 1.29 is 9.47 Å². The molecule has 0 spiro atoms. The number of aliphatic imine (C=N–C) groups is 1. The van der Waals surface area contributed by atoms with Gasteiger partial charge in [-0.05, 0) is 73.0 Å². The van der Waals surface area contributed by atoms with Gasteiger partial charge in [-0.3, -0.25) is 4.99 Å². The summed E-state index contributed by atoms with van der Waals surface area (Å²) in [6.45, 7) is 5.22. The van der Waals surface area contributed by atoms with E-state index < -0.39 is 0 Å². The van der Waals surface area contributed by atoms with Crippen LogP contribution in [0.2, 0.25) is 0 Å². The normalized spacial score (nSPS) is 15.2. The van der Waals surface area contributed by atoms with Gasteiger partial charge in [-0.1, -0.05) is 50.6 Å². The molecule has 4 heterocycles. The molecule has 0 bridgehead atoms. The van der Waals surface area contributed by atoms with Gasteiger partial charge in [0.2, 0.25) is 0 Å². The van der Waals surface area contributed by atoms with Gasteiger partial charge in [0.1, 0.15) is 0 Å². The molecule has 4 aromatic carbocycles. The van der Waals surface area contributed by atoms with Crippen LogP contribution < -0.4 is 19.7 Å². The average Bonchev–Trinajstić information content (AvgIpc) is 3.10. The summed E-state index contributed by atoms with van der Waals surface area (Å²) in [5.41, 5.74) is 7.61. The second-order valence-corrected chi connectivity index (χ2v) is 11.6. The number of aryl methyl sites for hydroxylation is 1. The van der Waals surface area contributed by atoms with Crippen molar-refractivity contribution >= 4 is 64.2 Å². The zero-order valence-corrected chi connectivity index (χ0v) is 28.9. The van der Waals surface area contributed by atoms with E-state index in [0.717, 1.165) is 82.6 Å². The van der Waals surface area contributed by atoms with Crippen LogP contribution in [0.1, 0.15) is 44.0 Å². The summed E-state index contributed by atoms with van der Waals surface area (Å²) in [6.07, 6.45) is 12.2. The second-order valence-electron chi connectivity index (χ2n) is 11.6. The number of ether oxygens (including phenoxy) is 2. The van der Waals surface area contributed by atoms with E-state index in [1.807, 2.05) is 54.8 Å². The number of rotatable bonds is 7. The minimum Gasteiger partial charge on any atom is -0.453 e. The van der Waals surface area contributed by atoms with Crippen molar-refractivity contribution in [3.8, 4) is 34.4 Å². The van der Waals surface area contributed by atoms with E-state index in [4.69, 9.17) is 24.4 Å². The van der Waals surface area contributed by atoms with Crippen LogP contribution in [0.15, 0.2) is 109 Å². The van der Waals surface area contributed by atoms with Crippen LogP contribution in [0, 0.1) is 0 Å². The number of hydrogen-bond acceptors (Lipinski definition) is 8. The smallest absolute Gasteiger partial charge is 0.161 e. The molecule has 3 aliphatic rings. The molecule has 8 rings (SSSR count). The van der Waals surface area contributed by atoms with Crippen LogP contribution in [0.5, 0.6) is 23.0 Å². The van der Waals surface area contributed by atoms with E-state index in [9.17, 15) is 0 Å². The molecule has 0 amide bonds. The summed E-state index contributed by atoms with van der Waals surface area (Å²) in [7, 11) is 0. The number of hydrogen-bond donors (Lipinski definition) is 1. The molecular formula is C38H34N6NaO2. The molecular weight excluding hydrogens is 595 g/mol. The van der Waals surface area contributed by atoms with Crippen LogP contribution >= 0.6 is 0 Å². The topological polar surface area (TPSA) is 75.1 Å². The van der Waals surface area contributed by atoms with Gasteiger partial charge in [0.15, 0.2) is 35.0 Å². The Morgan fingerprint density at radius 2 is 1.51 bits per heavy atom. The zero-order valence-electron chi connectivity index (χ0n) is 26.9. The largest absolute Gasteiger partial charge is 0.453 e. The summed E-state index contributed by atoms with van der Waals surface area (Å²) in [6, 6.07) is 26.6. The van der Waals surface area contributed by atoms with Gasteiger partial charge in [-0.25, -0.2) is 9.97 Å². The van der Waals surface area contributed by atoms with Gasteiger partial charge < -0.3 is 24.6 Å². The Kier molecular flexibility index (Phi) is 8.73. The fraction of sp³-hybridized carbons (Fsp3) is 0.184. The minimum absolute atomic E-state index is 0. The molecule has 5 aromatic rings. The molecule has 0 aliphatic carbocycles. The zero-order chi connectivity index (χ0) is 31.0. The molecule has 9 heteroatoms. The number of benzene rings is 4. The Labute approximate surface area is 297 Å². The van der Waals surface area contributed by atoms with Crippen LogP contribution in [0.25, 0.3) is 11.4 Å². The summed E-state index contributed by atoms with van der Waals surface area (Å²) in [5.74, 6) is 3.61. The third-order valence-corrected chi connectivity index (χ3v) is 8.47. The minimum atomic E-state index is -0.351. The number of fused-ring (bicyclic) bond motifs is 4. The number of anilines is 5. The fourth-order valence-corrected chi connectivity index (χ4v) is 6.53. The van der Waals surface area contributed by atoms with Crippen molar-refractivity contribution in [1.29, 1.82) is 0 Å². The summed E-state index contributed by atoms with van der Waals surface area (Å²) in [5, 5.41) is 3.83. The van der Waals surface area contributed by atoms with Crippen molar-refractivity contribution in [2.24, 2.45) is 4.99 Å². The molecule has 1 N–H and O–H groups in total. The first-order chi connectivity index (χ1) is 22.7. The Bertz CT molecular complexity index is 1950. The molecule has 3 aliphatic heterocycles. The average molecular weight is 630 g/mol. The van der Waals surface area contributed by atoms with Crippen LogP contribution in [-0.4, -0.2) is 57.2 Å². The predicted molar refractivity (Wildman–Crippen MR) is 189 cm³/mol. The standard InChI is InChI=1S/C38H34N6O2.Na/c1-3-11-25-16-17-30-27(23-25)42-35-33(45-30)24-26(37-39-18-9-19-40-37)36(34(35)38-41-20-10-22-43(38)21-4-2)44-28-12-5-7-14-31(28)46-32-15-8-6-13-29(32)44;/h5-10,12-20,22-24,38,42H,3-4,11,21H2,1-2H3;. The summed E-state index contributed by atoms with van der Waals surface area (Å²) < 4.78 is 13.2. The van der Waals surface area contributed by atoms with E-state index in [2.05, 4.69) is 71.6 Å². The maximum Gasteiger partial charge on any atom is 0.161 e. The van der Waals surface area contributed by atoms with Crippen molar-refractivity contribution in [1.82, 2.24) is 14.9 Å². The first-order valence-electron chi connectivity index (χ1n) is 15.9. The van der Waals surface area contributed by atoms with Gasteiger partial charge in [0.25, 0.3) is 0 Å². The third-order valence-electron chi connectivity index (χ3n) is 8.47. The molecule has 1 aromatic heterocycles. The first-order valence-corrected chi connectivity index (χ1v) is 15.9.